The van der Waals surface area contributed by atoms with Gasteiger partial charge in [-0.15, -0.1) is 0 Å². The maximum atomic E-state index is 12.1. The molecule has 0 bridgehead atoms. The van der Waals surface area contributed by atoms with Gasteiger partial charge >= 0.3 is 6.03 Å². The van der Waals surface area contributed by atoms with Gasteiger partial charge in [-0.2, -0.15) is 5.10 Å². The summed E-state index contributed by atoms with van der Waals surface area (Å²) in [6.07, 6.45) is 4.39. The summed E-state index contributed by atoms with van der Waals surface area (Å²) in [5.41, 5.74) is 2.82. The standard InChI is InChI=1S/C16H20N6O2/c1-21-12-8-11(10-2-5-17-6-3-10)9-18-14(12)15(20-21)22-7-4-13(23)19-16(22)24/h8-10,17H,2-7H2,1H3,(H,19,23,24). The normalized spacial score (nSPS) is 19.8. The Labute approximate surface area is 139 Å². The van der Waals surface area contributed by atoms with Gasteiger partial charge in [0.2, 0.25) is 5.91 Å². The van der Waals surface area contributed by atoms with Gasteiger partial charge in [-0.1, -0.05) is 0 Å². The highest BCUT2D eigenvalue weighted by atomic mass is 16.2. The molecule has 2 N–H and O–H groups in total. The number of aromatic nitrogens is 3. The Hall–Kier alpha value is -2.48. The quantitative estimate of drug-likeness (QED) is 0.854. The smallest absolute Gasteiger partial charge is 0.317 e. The molecule has 126 valence electrons. The molecular weight excluding hydrogens is 308 g/mol. The molecule has 2 aromatic rings. The van der Waals surface area contributed by atoms with Crippen molar-refractivity contribution >= 4 is 28.8 Å². The highest BCUT2D eigenvalue weighted by Crippen LogP contribution is 2.30. The first-order valence-corrected chi connectivity index (χ1v) is 8.28. The molecule has 0 saturated carbocycles. The number of fused-ring (bicyclic) bond motifs is 1. The number of amides is 3. The van der Waals surface area contributed by atoms with Crippen LogP contribution in [0.15, 0.2) is 12.3 Å². The molecule has 0 unspecified atom stereocenters. The zero-order valence-corrected chi connectivity index (χ0v) is 13.6. The van der Waals surface area contributed by atoms with Crippen LogP contribution in [-0.2, 0) is 11.8 Å². The number of aryl methyl sites for hydroxylation is 1. The van der Waals surface area contributed by atoms with Crippen molar-refractivity contribution in [3.63, 3.8) is 0 Å². The van der Waals surface area contributed by atoms with E-state index in [0.717, 1.165) is 31.4 Å². The maximum Gasteiger partial charge on any atom is 0.329 e. The molecule has 3 amide bonds. The minimum absolute atomic E-state index is 0.252. The zero-order chi connectivity index (χ0) is 16.7. The lowest BCUT2D eigenvalue weighted by atomic mass is 9.91. The molecular formula is C16H20N6O2. The summed E-state index contributed by atoms with van der Waals surface area (Å²) in [5.74, 6) is 0.768. The van der Waals surface area contributed by atoms with E-state index in [1.54, 1.807) is 4.68 Å². The summed E-state index contributed by atoms with van der Waals surface area (Å²) in [7, 11) is 1.85. The van der Waals surface area contributed by atoms with Gasteiger partial charge in [0.15, 0.2) is 5.82 Å². The Balaban J connectivity index is 1.71. The number of nitrogens with zero attached hydrogens (tertiary/aromatic N) is 4. The molecule has 24 heavy (non-hydrogen) atoms. The third-order valence-corrected chi connectivity index (χ3v) is 4.81. The SMILES string of the molecule is Cn1nc(N2CCC(=O)NC2=O)c2ncc(C3CCNCC3)cc21. The number of piperidine rings is 1. The molecule has 8 nitrogen and oxygen atoms in total. The van der Waals surface area contributed by atoms with E-state index in [2.05, 4.69) is 26.8 Å². The highest BCUT2D eigenvalue weighted by molar-refractivity contribution is 6.08. The number of pyridine rings is 1. The van der Waals surface area contributed by atoms with Crippen molar-refractivity contribution in [3.05, 3.63) is 17.8 Å². The van der Waals surface area contributed by atoms with E-state index in [1.807, 2.05) is 13.2 Å². The summed E-state index contributed by atoms with van der Waals surface area (Å²) in [6.45, 7) is 2.39. The molecule has 4 heterocycles. The predicted octanol–water partition coefficient (Wildman–Crippen LogP) is 0.882. The van der Waals surface area contributed by atoms with Gasteiger partial charge in [-0.25, -0.2) is 4.79 Å². The number of imide groups is 1. The number of carbonyl (C=O) groups excluding carboxylic acids is 2. The molecule has 4 rings (SSSR count). The fourth-order valence-corrected chi connectivity index (χ4v) is 3.46. The molecule has 0 spiro atoms. The van der Waals surface area contributed by atoms with Crippen molar-refractivity contribution in [2.75, 3.05) is 24.5 Å². The minimum atomic E-state index is -0.435. The monoisotopic (exact) mass is 328 g/mol. The number of carbonyl (C=O) groups is 2. The Morgan fingerprint density at radius 2 is 2.04 bits per heavy atom. The summed E-state index contributed by atoms with van der Waals surface area (Å²) in [6, 6.07) is 1.69. The molecule has 0 atom stereocenters. The number of urea groups is 1. The second-order valence-corrected chi connectivity index (χ2v) is 6.36. The van der Waals surface area contributed by atoms with Crippen LogP contribution >= 0.6 is 0 Å². The molecule has 2 aliphatic heterocycles. The van der Waals surface area contributed by atoms with Crippen LogP contribution in [0.3, 0.4) is 0 Å². The van der Waals surface area contributed by atoms with E-state index < -0.39 is 6.03 Å². The van der Waals surface area contributed by atoms with E-state index >= 15 is 0 Å². The summed E-state index contributed by atoms with van der Waals surface area (Å²) >= 11 is 0. The van der Waals surface area contributed by atoms with Crippen molar-refractivity contribution in [2.45, 2.75) is 25.2 Å². The van der Waals surface area contributed by atoms with Crippen molar-refractivity contribution in [1.82, 2.24) is 25.4 Å². The lowest BCUT2D eigenvalue weighted by molar-refractivity contribution is -0.120. The average molecular weight is 328 g/mol. The van der Waals surface area contributed by atoms with Gasteiger partial charge in [-0.3, -0.25) is 24.7 Å². The van der Waals surface area contributed by atoms with E-state index in [9.17, 15) is 9.59 Å². The van der Waals surface area contributed by atoms with Gasteiger partial charge in [-0.05, 0) is 43.5 Å². The van der Waals surface area contributed by atoms with E-state index in [4.69, 9.17) is 0 Å². The Morgan fingerprint density at radius 3 is 2.79 bits per heavy atom. The van der Waals surface area contributed by atoms with Crippen LogP contribution in [0, 0.1) is 0 Å². The van der Waals surface area contributed by atoms with Gasteiger partial charge in [0.1, 0.15) is 5.52 Å². The van der Waals surface area contributed by atoms with Crippen molar-refractivity contribution in [2.24, 2.45) is 7.05 Å². The van der Waals surface area contributed by atoms with Crippen molar-refractivity contribution < 1.29 is 9.59 Å². The van der Waals surface area contributed by atoms with Crippen LogP contribution in [0.4, 0.5) is 10.6 Å². The van der Waals surface area contributed by atoms with Crippen LogP contribution < -0.4 is 15.5 Å². The Morgan fingerprint density at radius 1 is 1.25 bits per heavy atom. The first-order chi connectivity index (χ1) is 11.6. The summed E-state index contributed by atoms with van der Waals surface area (Å²) < 4.78 is 1.76. The third-order valence-electron chi connectivity index (χ3n) is 4.81. The summed E-state index contributed by atoms with van der Waals surface area (Å²) in [4.78, 5) is 29.5. The van der Waals surface area contributed by atoms with Crippen LogP contribution in [0.5, 0.6) is 0 Å². The van der Waals surface area contributed by atoms with Gasteiger partial charge < -0.3 is 5.32 Å². The third kappa shape index (κ3) is 2.52. The van der Waals surface area contributed by atoms with Crippen LogP contribution in [-0.4, -0.2) is 46.3 Å². The second kappa shape index (κ2) is 5.86. The molecule has 0 aromatic carbocycles. The highest BCUT2D eigenvalue weighted by Gasteiger charge is 2.29. The minimum Gasteiger partial charge on any atom is -0.317 e. The van der Waals surface area contributed by atoms with Crippen molar-refractivity contribution in [1.29, 1.82) is 0 Å². The topological polar surface area (TPSA) is 92.2 Å². The molecule has 2 fully saturated rings. The fourth-order valence-electron chi connectivity index (χ4n) is 3.46. The van der Waals surface area contributed by atoms with Crippen LogP contribution in [0.2, 0.25) is 0 Å². The van der Waals surface area contributed by atoms with Gasteiger partial charge in [0.25, 0.3) is 0 Å². The van der Waals surface area contributed by atoms with Crippen LogP contribution in [0.1, 0.15) is 30.7 Å². The molecule has 0 aliphatic carbocycles. The lowest BCUT2D eigenvalue weighted by Crippen LogP contribution is -2.49. The first-order valence-electron chi connectivity index (χ1n) is 8.28. The maximum absolute atomic E-state index is 12.1. The number of nitrogens with one attached hydrogen (secondary N) is 2. The number of hydrogen-bond donors (Lipinski definition) is 2. The predicted molar refractivity (Wildman–Crippen MR) is 88.9 cm³/mol. The fraction of sp³-hybridized carbons (Fsp3) is 0.500. The largest absolute Gasteiger partial charge is 0.329 e. The molecule has 2 saturated heterocycles. The number of anilines is 1. The molecule has 2 aliphatic rings. The Kier molecular flexibility index (Phi) is 3.68. The Bertz CT molecular complexity index is 808. The number of rotatable bonds is 2. The van der Waals surface area contributed by atoms with Gasteiger partial charge in [0, 0.05) is 26.2 Å². The van der Waals surface area contributed by atoms with Gasteiger partial charge in [0.05, 0.1) is 5.52 Å². The van der Waals surface area contributed by atoms with Crippen molar-refractivity contribution in [3.8, 4) is 0 Å². The number of hydrogen-bond acceptors (Lipinski definition) is 5. The summed E-state index contributed by atoms with van der Waals surface area (Å²) in [5, 5.41) is 10.2. The second-order valence-electron chi connectivity index (χ2n) is 6.36. The van der Waals surface area contributed by atoms with Crippen LogP contribution in [0.25, 0.3) is 11.0 Å². The zero-order valence-electron chi connectivity index (χ0n) is 13.6. The van der Waals surface area contributed by atoms with E-state index in [0.29, 0.717) is 23.8 Å². The van der Waals surface area contributed by atoms with E-state index in [-0.39, 0.29) is 12.3 Å². The van der Waals surface area contributed by atoms with E-state index in [1.165, 1.54) is 10.5 Å². The molecule has 0 radical (unpaired) electrons. The molecule has 8 heteroatoms. The first kappa shape index (κ1) is 15.1. The lowest BCUT2D eigenvalue weighted by Gasteiger charge is -2.24. The average Bonchev–Trinajstić information content (AvgIpc) is 2.92. The molecule has 2 aromatic heterocycles.